The molecule has 7 heteroatoms. The zero-order chi connectivity index (χ0) is 17.2. The van der Waals surface area contributed by atoms with E-state index in [4.69, 9.17) is 10.3 Å². The second-order valence-corrected chi connectivity index (χ2v) is 6.97. The molecule has 0 unspecified atom stereocenters. The maximum absolute atomic E-state index is 12.6. The number of hydrogen-bond acceptors (Lipinski definition) is 6. The average molecular weight is 341 g/mol. The minimum Gasteiger partial charge on any atom is -0.342 e. The molecule has 7 nitrogen and oxygen atoms in total. The van der Waals surface area contributed by atoms with Gasteiger partial charge in [-0.2, -0.15) is 4.98 Å². The van der Waals surface area contributed by atoms with Crippen LogP contribution in [0.15, 0.2) is 28.9 Å². The van der Waals surface area contributed by atoms with E-state index in [2.05, 4.69) is 15.1 Å². The molecule has 1 aliphatic heterocycles. The van der Waals surface area contributed by atoms with Crippen molar-refractivity contribution in [1.82, 2.24) is 20.0 Å². The first-order valence-corrected chi connectivity index (χ1v) is 9.02. The molecule has 0 bridgehead atoms. The van der Waals surface area contributed by atoms with Crippen molar-refractivity contribution in [3.8, 4) is 11.5 Å². The minimum absolute atomic E-state index is 0.00992. The first-order chi connectivity index (χ1) is 12.2. The largest absolute Gasteiger partial charge is 0.342 e. The summed E-state index contributed by atoms with van der Waals surface area (Å²) in [6, 6.07) is 5.65. The van der Waals surface area contributed by atoms with Crippen LogP contribution >= 0.6 is 0 Å². The van der Waals surface area contributed by atoms with Crippen LogP contribution < -0.4 is 5.73 Å². The Morgan fingerprint density at radius 3 is 2.72 bits per heavy atom. The van der Waals surface area contributed by atoms with Gasteiger partial charge >= 0.3 is 0 Å². The van der Waals surface area contributed by atoms with Crippen molar-refractivity contribution in [1.29, 1.82) is 0 Å². The fourth-order valence-electron chi connectivity index (χ4n) is 3.88. The number of nitrogens with zero attached hydrogens (tertiary/aromatic N) is 4. The van der Waals surface area contributed by atoms with E-state index in [1.165, 1.54) is 0 Å². The molecular formula is C18H23N5O2. The lowest BCUT2D eigenvalue weighted by atomic mass is 9.94. The van der Waals surface area contributed by atoms with Crippen molar-refractivity contribution in [2.24, 2.45) is 11.7 Å². The molecule has 1 saturated carbocycles. The van der Waals surface area contributed by atoms with Crippen LogP contribution in [0.5, 0.6) is 0 Å². The molecular weight excluding hydrogens is 318 g/mol. The van der Waals surface area contributed by atoms with E-state index >= 15 is 0 Å². The van der Waals surface area contributed by atoms with E-state index in [-0.39, 0.29) is 23.8 Å². The topological polar surface area (TPSA) is 98.1 Å². The Balaban J connectivity index is 1.37. The van der Waals surface area contributed by atoms with Crippen LogP contribution in [0.1, 0.15) is 43.9 Å². The Morgan fingerprint density at radius 1 is 1.20 bits per heavy atom. The van der Waals surface area contributed by atoms with Crippen LogP contribution in [0.25, 0.3) is 11.5 Å². The summed E-state index contributed by atoms with van der Waals surface area (Å²) in [5.41, 5.74) is 6.78. The van der Waals surface area contributed by atoms with E-state index in [0.29, 0.717) is 17.4 Å². The fourth-order valence-corrected chi connectivity index (χ4v) is 3.88. The maximum Gasteiger partial charge on any atom is 0.230 e. The third kappa shape index (κ3) is 3.28. The van der Waals surface area contributed by atoms with E-state index in [0.717, 1.165) is 45.2 Å². The molecule has 1 amide bonds. The van der Waals surface area contributed by atoms with Crippen LogP contribution in [-0.2, 0) is 4.79 Å². The summed E-state index contributed by atoms with van der Waals surface area (Å²) in [5, 5.41) is 4.04. The number of hydrogen-bond donors (Lipinski definition) is 1. The number of aromatic nitrogens is 3. The van der Waals surface area contributed by atoms with Gasteiger partial charge in [-0.25, -0.2) is 0 Å². The van der Waals surface area contributed by atoms with Gasteiger partial charge < -0.3 is 15.2 Å². The first-order valence-electron chi connectivity index (χ1n) is 9.02. The van der Waals surface area contributed by atoms with Crippen molar-refractivity contribution in [3.63, 3.8) is 0 Å². The monoisotopic (exact) mass is 341 g/mol. The Hall–Kier alpha value is -2.28. The van der Waals surface area contributed by atoms with Crippen LogP contribution in [-0.4, -0.2) is 45.1 Å². The quantitative estimate of drug-likeness (QED) is 0.916. The molecule has 0 aromatic carbocycles. The summed E-state index contributed by atoms with van der Waals surface area (Å²) in [6.45, 7) is 1.46. The SMILES string of the molecule is N[C@H]1CCC[C@H]1C(=O)N1CCC(c2nc(-c3ccccn3)no2)CC1. The Bertz CT molecular complexity index is 724. The summed E-state index contributed by atoms with van der Waals surface area (Å²) < 4.78 is 5.45. The lowest BCUT2D eigenvalue weighted by molar-refractivity contribution is -0.136. The molecule has 2 fully saturated rings. The maximum atomic E-state index is 12.6. The zero-order valence-electron chi connectivity index (χ0n) is 14.2. The smallest absolute Gasteiger partial charge is 0.230 e. The van der Waals surface area contributed by atoms with Gasteiger partial charge in [0.15, 0.2) is 0 Å². The van der Waals surface area contributed by atoms with Crippen LogP contribution in [0, 0.1) is 5.92 Å². The number of carbonyl (C=O) groups excluding carboxylic acids is 1. The summed E-state index contributed by atoms with van der Waals surface area (Å²) in [6.07, 6.45) is 6.35. The highest BCUT2D eigenvalue weighted by Crippen LogP contribution is 2.31. The molecule has 2 aromatic heterocycles. The van der Waals surface area contributed by atoms with E-state index in [1.54, 1.807) is 6.20 Å². The Morgan fingerprint density at radius 2 is 2.04 bits per heavy atom. The lowest BCUT2D eigenvalue weighted by Gasteiger charge is -2.33. The summed E-state index contributed by atoms with van der Waals surface area (Å²) in [7, 11) is 0. The molecule has 25 heavy (non-hydrogen) atoms. The van der Waals surface area contributed by atoms with Gasteiger partial charge in [0.1, 0.15) is 5.69 Å². The second kappa shape index (κ2) is 6.92. The molecule has 132 valence electrons. The van der Waals surface area contributed by atoms with E-state index in [9.17, 15) is 4.79 Å². The van der Waals surface area contributed by atoms with Crippen LogP contribution in [0.2, 0.25) is 0 Å². The van der Waals surface area contributed by atoms with Crippen LogP contribution in [0.3, 0.4) is 0 Å². The molecule has 2 aromatic rings. The number of carbonyl (C=O) groups is 1. The van der Waals surface area contributed by atoms with Crippen molar-refractivity contribution < 1.29 is 9.32 Å². The van der Waals surface area contributed by atoms with Gasteiger partial charge in [-0.1, -0.05) is 17.6 Å². The normalized spacial score (nSPS) is 24.6. The number of rotatable bonds is 3. The molecule has 2 aliphatic rings. The van der Waals surface area contributed by atoms with Crippen molar-refractivity contribution in [2.45, 2.75) is 44.1 Å². The van der Waals surface area contributed by atoms with Crippen molar-refractivity contribution in [3.05, 3.63) is 30.3 Å². The number of amides is 1. The third-order valence-electron chi connectivity index (χ3n) is 5.38. The highest BCUT2D eigenvalue weighted by Gasteiger charge is 2.35. The van der Waals surface area contributed by atoms with Crippen molar-refractivity contribution >= 4 is 5.91 Å². The van der Waals surface area contributed by atoms with Gasteiger partial charge in [-0.05, 0) is 37.8 Å². The molecule has 2 N–H and O–H groups in total. The highest BCUT2D eigenvalue weighted by molar-refractivity contribution is 5.80. The standard InChI is InChI=1S/C18H23N5O2/c19-14-5-3-4-13(14)18(24)23-10-7-12(8-11-23)17-21-16(22-25-17)15-6-1-2-9-20-15/h1-2,6,9,12-14H,3-5,7-8,10-11,19H2/t13-,14+/m1/s1. The number of nitrogens with two attached hydrogens (primary N) is 1. The summed E-state index contributed by atoms with van der Waals surface area (Å²) in [5.74, 6) is 1.60. The summed E-state index contributed by atoms with van der Waals surface area (Å²) >= 11 is 0. The van der Waals surface area contributed by atoms with Gasteiger partial charge in [0.2, 0.25) is 17.6 Å². The molecule has 4 rings (SSSR count). The summed E-state index contributed by atoms with van der Waals surface area (Å²) in [4.78, 5) is 23.3. The van der Waals surface area contributed by atoms with E-state index < -0.39 is 0 Å². The van der Waals surface area contributed by atoms with Gasteiger partial charge in [0.25, 0.3) is 0 Å². The van der Waals surface area contributed by atoms with Gasteiger partial charge in [-0.3, -0.25) is 9.78 Å². The number of likely N-dealkylation sites (tertiary alicyclic amines) is 1. The van der Waals surface area contributed by atoms with E-state index in [1.807, 2.05) is 23.1 Å². The predicted molar refractivity (Wildman–Crippen MR) is 91.4 cm³/mol. The highest BCUT2D eigenvalue weighted by atomic mass is 16.5. The first kappa shape index (κ1) is 16.2. The fraction of sp³-hybridized carbons (Fsp3) is 0.556. The lowest BCUT2D eigenvalue weighted by Crippen LogP contribution is -2.45. The predicted octanol–water partition coefficient (Wildman–Crippen LogP) is 1.97. The Labute approximate surface area is 146 Å². The number of piperidine rings is 1. The zero-order valence-corrected chi connectivity index (χ0v) is 14.2. The Kier molecular flexibility index (Phi) is 4.48. The van der Waals surface area contributed by atoms with Crippen LogP contribution in [0.4, 0.5) is 0 Å². The molecule has 2 atom stereocenters. The molecule has 0 spiro atoms. The van der Waals surface area contributed by atoms with Gasteiger partial charge in [0.05, 0.1) is 5.92 Å². The minimum atomic E-state index is 0.00992. The second-order valence-electron chi connectivity index (χ2n) is 6.97. The van der Waals surface area contributed by atoms with Crippen molar-refractivity contribution in [2.75, 3.05) is 13.1 Å². The molecule has 0 radical (unpaired) electrons. The average Bonchev–Trinajstić information content (AvgIpc) is 3.31. The molecule has 1 aliphatic carbocycles. The van der Waals surface area contributed by atoms with Gasteiger partial charge in [-0.15, -0.1) is 0 Å². The third-order valence-corrected chi connectivity index (χ3v) is 5.38. The number of pyridine rings is 1. The molecule has 3 heterocycles. The van der Waals surface area contributed by atoms with Gasteiger partial charge in [0, 0.05) is 31.2 Å². The molecule has 1 saturated heterocycles.